The third kappa shape index (κ3) is 46.3. The van der Waals surface area contributed by atoms with Crippen molar-refractivity contribution in [3.63, 3.8) is 0 Å². The molecular weight excluding hydrogens is 991 g/mol. The van der Waals surface area contributed by atoms with Crippen molar-refractivity contribution >= 4 is 11.9 Å². The second kappa shape index (κ2) is 56.9. The highest BCUT2D eigenvalue weighted by molar-refractivity contribution is 5.76. The first kappa shape index (κ1) is 74.1. The van der Waals surface area contributed by atoms with Gasteiger partial charge in [-0.15, -0.1) is 0 Å². The molecule has 7 unspecified atom stereocenters. The first-order valence-corrected chi connectivity index (χ1v) is 32.7. The molecule has 1 aliphatic rings. The topological polar surface area (TPSA) is 175 Å². The number of ether oxygens (including phenoxy) is 3. The van der Waals surface area contributed by atoms with Gasteiger partial charge in [0.25, 0.3) is 0 Å². The average molecular weight is 1110 g/mol. The molecule has 0 aromatic rings. The van der Waals surface area contributed by atoms with Crippen LogP contribution >= 0.6 is 0 Å². The van der Waals surface area contributed by atoms with Crippen molar-refractivity contribution in [2.75, 3.05) is 19.8 Å². The number of rotatable bonds is 56. The molecule has 0 aromatic heterocycles. The largest absolute Gasteiger partial charge is 0.466 e. The van der Waals surface area contributed by atoms with Gasteiger partial charge in [0.2, 0.25) is 5.91 Å². The van der Waals surface area contributed by atoms with Crippen LogP contribution in [0.2, 0.25) is 0 Å². The summed E-state index contributed by atoms with van der Waals surface area (Å²) in [5.74, 6) is -0.207. The van der Waals surface area contributed by atoms with Gasteiger partial charge >= 0.3 is 5.97 Å². The normalized spacial score (nSPS) is 18.9. The summed E-state index contributed by atoms with van der Waals surface area (Å²) in [5.41, 5.74) is 0. The first-order chi connectivity index (χ1) is 38.7. The van der Waals surface area contributed by atoms with Crippen LogP contribution in [0.15, 0.2) is 72.9 Å². The van der Waals surface area contributed by atoms with E-state index in [1.54, 1.807) is 6.08 Å². The van der Waals surface area contributed by atoms with E-state index in [9.17, 15) is 35.1 Å². The van der Waals surface area contributed by atoms with Gasteiger partial charge in [-0.25, -0.2) is 0 Å². The van der Waals surface area contributed by atoms with Gasteiger partial charge < -0.3 is 45.1 Å². The van der Waals surface area contributed by atoms with E-state index in [0.717, 1.165) is 70.6 Å². The maximum absolute atomic E-state index is 13.0. The third-order valence-corrected chi connectivity index (χ3v) is 15.1. The van der Waals surface area contributed by atoms with E-state index >= 15 is 0 Å². The molecule has 11 nitrogen and oxygen atoms in total. The van der Waals surface area contributed by atoms with Crippen LogP contribution < -0.4 is 5.32 Å². The summed E-state index contributed by atoms with van der Waals surface area (Å²) < 4.78 is 16.6. The molecule has 1 fully saturated rings. The Morgan fingerprint density at radius 3 is 1.41 bits per heavy atom. The average Bonchev–Trinajstić information content (AvgIpc) is 3.49. The Balaban J connectivity index is 1.96. The predicted octanol–water partition coefficient (Wildman–Crippen LogP) is 16.0. The zero-order chi connectivity index (χ0) is 57.3. The molecule has 0 bridgehead atoms. The Morgan fingerprint density at radius 1 is 0.494 bits per heavy atom. The minimum absolute atomic E-state index is 0.00716. The molecule has 0 spiro atoms. The second-order valence-electron chi connectivity index (χ2n) is 22.5. The molecule has 1 aliphatic heterocycles. The SMILES string of the molecule is C/C=C/CC/C=C/CC/C=C/C(O)C(COC1OC(CO)C(O)C(O)C1O)NC(=O)CCCCCCCCCCCCCCCCC/C=C\C/C=C\CCCCCCCCCCCOC(=O)CCCCCCC/C=C\CCCC. The molecule has 0 radical (unpaired) electrons. The molecule has 0 aliphatic carbocycles. The van der Waals surface area contributed by atoms with Crippen LogP contribution in [0.3, 0.4) is 0 Å². The Hall–Kier alpha value is -2.90. The van der Waals surface area contributed by atoms with Crippen molar-refractivity contribution in [3.8, 4) is 0 Å². The number of aliphatic hydroxyl groups is 5. The van der Waals surface area contributed by atoms with Crippen LogP contribution in [0.1, 0.15) is 284 Å². The van der Waals surface area contributed by atoms with E-state index in [4.69, 9.17) is 14.2 Å². The smallest absolute Gasteiger partial charge is 0.305 e. The lowest BCUT2D eigenvalue weighted by Gasteiger charge is -2.40. The van der Waals surface area contributed by atoms with E-state index in [1.165, 1.54) is 186 Å². The number of aliphatic hydroxyl groups excluding tert-OH is 5. The third-order valence-electron chi connectivity index (χ3n) is 15.1. The molecule has 458 valence electrons. The van der Waals surface area contributed by atoms with Gasteiger partial charge in [-0.3, -0.25) is 9.59 Å². The number of unbranched alkanes of at least 4 members (excludes halogenated alkanes) is 33. The molecule has 1 rings (SSSR count). The molecule has 1 amide bonds. The summed E-state index contributed by atoms with van der Waals surface area (Å²) in [7, 11) is 0. The minimum Gasteiger partial charge on any atom is -0.466 e. The summed E-state index contributed by atoms with van der Waals surface area (Å²) >= 11 is 0. The molecule has 7 atom stereocenters. The summed E-state index contributed by atoms with van der Waals surface area (Å²) in [6.45, 7) is 4.05. The van der Waals surface area contributed by atoms with Gasteiger partial charge in [0.1, 0.15) is 24.4 Å². The fraction of sp³-hybridized carbons (Fsp3) is 0.794. The van der Waals surface area contributed by atoms with Gasteiger partial charge in [-0.2, -0.15) is 0 Å². The fourth-order valence-corrected chi connectivity index (χ4v) is 9.90. The molecule has 11 heteroatoms. The summed E-state index contributed by atoms with van der Waals surface area (Å²) in [6, 6.07) is -0.834. The summed E-state index contributed by atoms with van der Waals surface area (Å²) in [6.07, 6.45) is 66.3. The second-order valence-corrected chi connectivity index (χ2v) is 22.5. The highest BCUT2D eigenvalue weighted by Gasteiger charge is 2.44. The fourth-order valence-electron chi connectivity index (χ4n) is 9.90. The standard InChI is InChI=1S/C68H121NO10/c1-3-5-7-9-11-13-35-40-44-48-52-56-64(73)77-57-53-49-45-41-37-34-32-30-28-26-24-22-20-18-16-14-15-17-19-21-23-25-27-29-31-33-36-39-43-47-51-55-63(72)69-60(61(71)54-50-46-42-38-12-10-8-6-4-2)59-78-68-67(76)66(75)65(74)62(58-70)79-68/h4,6,9,11-12,16,18,22,24,38,50,54,60-62,65-68,70-71,74-76H,3,5,7-8,10,13-15,17,19-21,23,25-37,39-49,51-53,55-59H2,1-2H3,(H,69,72)/b6-4+,11-9-,18-16-,24-22-,38-12+,54-50+. The van der Waals surface area contributed by atoms with Crippen LogP contribution in [0.5, 0.6) is 0 Å². The summed E-state index contributed by atoms with van der Waals surface area (Å²) in [5, 5.41) is 54.2. The highest BCUT2D eigenvalue weighted by Crippen LogP contribution is 2.23. The Bertz CT molecular complexity index is 1540. The van der Waals surface area contributed by atoms with Gasteiger partial charge in [-0.1, -0.05) is 240 Å². The lowest BCUT2D eigenvalue weighted by atomic mass is 9.99. The van der Waals surface area contributed by atoms with Gasteiger partial charge in [-0.05, 0) is 103 Å². The van der Waals surface area contributed by atoms with E-state index in [2.05, 4.69) is 66.9 Å². The number of hydrogen-bond acceptors (Lipinski definition) is 10. The van der Waals surface area contributed by atoms with Gasteiger partial charge in [0.15, 0.2) is 6.29 Å². The van der Waals surface area contributed by atoms with Crippen molar-refractivity contribution in [2.45, 2.75) is 326 Å². The minimum atomic E-state index is -1.58. The predicted molar refractivity (Wildman–Crippen MR) is 329 cm³/mol. The van der Waals surface area contributed by atoms with E-state index < -0.39 is 49.5 Å². The number of carbonyl (C=O) groups is 2. The molecular formula is C68H121NO10. The van der Waals surface area contributed by atoms with Crippen LogP contribution in [0.4, 0.5) is 0 Å². The number of allylic oxidation sites excluding steroid dienone is 11. The lowest BCUT2D eigenvalue weighted by Crippen LogP contribution is -2.60. The van der Waals surface area contributed by atoms with E-state index in [0.29, 0.717) is 19.4 Å². The summed E-state index contributed by atoms with van der Waals surface area (Å²) in [4.78, 5) is 25.0. The maximum Gasteiger partial charge on any atom is 0.305 e. The molecule has 6 N–H and O–H groups in total. The van der Waals surface area contributed by atoms with Crippen molar-refractivity contribution in [2.24, 2.45) is 0 Å². The molecule has 0 aromatic carbocycles. The number of carbonyl (C=O) groups excluding carboxylic acids is 2. The monoisotopic (exact) mass is 1110 g/mol. The zero-order valence-electron chi connectivity index (χ0n) is 50.6. The maximum atomic E-state index is 13.0. The first-order valence-electron chi connectivity index (χ1n) is 32.7. The number of nitrogens with one attached hydrogen (secondary N) is 1. The van der Waals surface area contributed by atoms with Crippen molar-refractivity contribution in [1.82, 2.24) is 5.32 Å². The van der Waals surface area contributed by atoms with Crippen molar-refractivity contribution < 1.29 is 49.3 Å². The zero-order valence-corrected chi connectivity index (χ0v) is 50.6. The Kier molecular flexibility index (Phi) is 53.4. The van der Waals surface area contributed by atoms with Gasteiger partial charge in [0.05, 0.1) is 32.0 Å². The highest BCUT2D eigenvalue weighted by atomic mass is 16.7. The number of amides is 1. The van der Waals surface area contributed by atoms with Crippen LogP contribution in [-0.4, -0.2) is 100 Å². The number of esters is 1. The molecule has 79 heavy (non-hydrogen) atoms. The van der Waals surface area contributed by atoms with Gasteiger partial charge in [0, 0.05) is 12.8 Å². The van der Waals surface area contributed by atoms with E-state index in [-0.39, 0.29) is 18.5 Å². The Morgan fingerprint density at radius 2 is 0.911 bits per heavy atom. The van der Waals surface area contributed by atoms with Crippen LogP contribution in [-0.2, 0) is 23.8 Å². The van der Waals surface area contributed by atoms with E-state index in [1.807, 2.05) is 19.1 Å². The number of hydrogen-bond donors (Lipinski definition) is 6. The van der Waals surface area contributed by atoms with Crippen LogP contribution in [0.25, 0.3) is 0 Å². The molecule has 1 heterocycles. The lowest BCUT2D eigenvalue weighted by molar-refractivity contribution is -0.302. The Labute approximate surface area is 483 Å². The molecule has 0 saturated carbocycles. The van der Waals surface area contributed by atoms with Crippen LogP contribution in [0, 0.1) is 0 Å². The van der Waals surface area contributed by atoms with Crippen molar-refractivity contribution in [3.05, 3.63) is 72.9 Å². The van der Waals surface area contributed by atoms with Crippen molar-refractivity contribution in [1.29, 1.82) is 0 Å². The molecule has 1 saturated heterocycles. The quantitative estimate of drug-likeness (QED) is 0.0195.